The van der Waals surface area contributed by atoms with Crippen LogP contribution in [0, 0.1) is 5.82 Å². The Hall–Kier alpha value is -1.95. The van der Waals surface area contributed by atoms with E-state index in [1.54, 1.807) is 6.07 Å². The average Bonchev–Trinajstić information content (AvgIpc) is 2.85. The first-order valence-corrected chi connectivity index (χ1v) is 6.00. The van der Waals surface area contributed by atoms with Gasteiger partial charge >= 0.3 is 0 Å². The van der Waals surface area contributed by atoms with Crippen molar-refractivity contribution in [2.75, 3.05) is 7.11 Å². The molecule has 0 spiro atoms. The number of aromatic nitrogens is 2. The Morgan fingerprint density at radius 2 is 2.16 bits per heavy atom. The molecule has 0 unspecified atom stereocenters. The summed E-state index contributed by atoms with van der Waals surface area (Å²) in [5.41, 5.74) is 0.529. The van der Waals surface area contributed by atoms with Crippen molar-refractivity contribution in [2.45, 2.75) is 26.4 Å². The molecule has 2 aromatic rings. The molecule has 19 heavy (non-hydrogen) atoms. The molecule has 1 aromatic heterocycles. The summed E-state index contributed by atoms with van der Waals surface area (Å²) in [5.74, 6) is 0.493. The largest absolute Gasteiger partial charge is 0.494 e. The lowest BCUT2D eigenvalue weighted by atomic mass is 10.2. The van der Waals surface area contributed by atoms with Gasteiger partial charge in [-0.25, -0.2) is 4.39 Å². The Balaban J connectivity index is 2.16. The molecule has 6 heteroatoms. The Kier molecular flexibility index (Phi) is 4.11. The maximum Gasteiger partial charge on any atom is 0.247 e. The summed E-state index contributed by atoms with van der Waals surface area (Å²) in [4.78, 5) is 0. The van der Waals surface area contributed by atoms with E-state index in [1.807, 2.05) is 13.8 Å². The maximum atomic E-state index is 13.6. The SMILES string of the molecule is COc1ccc(-c2nnc(CNC(C)C)o2)cc1F. The second-order valence-corrected chi connectivity index (χ2v) is 4.39. The fraction of sp³-hybridized carbons (Fsp3) is 0.385. The summed E-state index contributed by atoms with van der Waals surface area (Å²) in [7, 11) is 1.42. The molecule has 0 saturated heterocycles. The van der Waals surface area contributed by atoms with Crippen molar-refractivity contribution in [2.24, 2.45) is 0 Å². The van der Waals surface area contributed by atoms with Crippen molar-refractivity contribution in [3.05, 3.63) is 29.9 Å². The van der Waals surface area contributed by atoms with Crippen LogP contribution < -0.4 is 10.1 Å². The van der Waals surface area contributed by atoms with Crippen molar-refractivity contribution in [3.8, 4) is 17.2 Å². The number of benzene rings is 1. The normalized spacial score (nSPS) is 11.0. The van der Waals surface area contributed by atoms with Gasteiger partial charge in [-0.3, -0.25) is 0 Å². The van der Waals surface area contributed by atoms with Crippen molar-refractivity contribution >= 4 is 0 Å². The van der Waals surface area contributed by atoms with Crippen LogP contribution in [-0.4, -0.2) is 23.3 Å². The number of methoxy groups -OCH3 is 1. The molecule has 0 aliphatic heterocycles. The lowest BCUT2D eigenvalue weighted by molar-refractivity contribution is 0.386. The van der Waals surface area contributed by atoms with Crippen LogP contribution >= 0.6 is 0 Å². The number of rotatable bonds is 5. The highest BCUT2D eigenvalue weighted by Crippen LogP contribution is 2.24. The van der Waals surface area contributed by atoms with E-state index < -0.39 is 5.82 Å². The zero-order valence-electron chi connectivity index (χ0n) is 11.1. The molecule has 1 aromatic carbocycles. The molecule has 0 amide bonds. The lowest BCUT2D eigenvalue weighted by Crippen LogP contribution is -2.21. The number of ether oxygens (including phenoxy) is 1. The van der Waals surface area contributed by atoms with Crippen molar-refractivity contribution in [3.63, 3.8) is 0 Å². The molecular formula is C13H16FN3O2. The summed E-state index contributed by atoms with van der Waals surface area (Å²) in [5, 5.41) is 11.0. The van der Waals surface area contributed by atoms with E-state index in [4.69, 9.17) is 9.15 Å². The molecule has 0 aliphatic carbocycles. The van der Waals surface area contributed by atoms with E-state index in [2.05, 4.69) is 15.5 Å². The zero-order valence-corrected chi connectivity index (χ0v) is 11.1. The third kappa shape index (κ3) is 3.29. The van der Waals surface area contributed by atoms with Crippen LogP contribution in [0.25, 0.3) is 11.5 Å². The molecule has 5 nitrogen and oxygen atoms in total. The highest BCUT2D eigenvalue weighted by molar-refractivity contribution is 5.54. The van der Waals surface area contributed by atoms with E-state index >= 15 is 0 Å². The third-order valence-electron chi connectivity index (χ3n) is 2.53. The van der Waals surface area contributed by atoms with E-state index in [0.29, 0.717) is 29.9 Å². The minimum absolute atomic E-state index is 0.185. The second kappa shape index (κ2) is 5.79. The Labute approximate surface area is 110 Å². The van der Waals surface area contributed by atoms with Crippen LogP contribution in [0.5, 0.6) is 5.75 Å². The van der Waals surface area contributed by atoms with Crippen LogP contribution in [-0.2, 0) is 6.54 Å². The highest BCUT2D eigenvalue weighted by atomic mass is 19.1. The predicted octanol–water partition coefficient (Wildman–Crippen LogP) is 2.38. The van der Waals surface area contributed by atoms with Gasteiger partial charge in [0.2, 0.25) is 11.8 Å². The minimum atomic E-state index is -0.458. The highest BCUT2D eigenvalue weighted by Gasteiger charge is 2.11. The van der Waals surface area contributed by atoms with Gasteiger partial charge in [0.15, 0.2) is 11.6 Å². The molecule has 0 radical (unpaired) electrons. The summed E-state index contributed by atoms with van der Waals surface area (Å²) in [6.45, 7) is 4.54. The standard InChI is InChI=1S/C13H16FN3O2/c1-8(2)15-7-12-16-17-13(19-12)9-4-5-11(18-3)10(14)6-9/h4-6,8,15H,7H2,1-3H3. The summed E-state index contributed by atoms with van der Waals surface area (Å²) in [6.07, 6.45) is 0. The zero-order chi connectivity index (χ0) is 13.8. The molecule has 102 valence electrons. The summed E-state index contributed by atoms with van der Waals surface area (Å²) < 4.78 is 23.9. The quantitative estimate of drug-likeness (QED) is 0.899. The Morgan fingerprint density at radius 3 is 2.79 bits per heavy atom. The fourth-order valence-electron chi connectivity index (χ4n) is 1.53. The molecule has 0 bridgehead atoms. The first-order valence-electron chi connectivity index (χ1n) is 6.00. The number of nitrogens with one attached hydrogen (secondary N) is 1. The number of hydrogen-bond donors (Lipinski definition) is 1. The van der Waals surface area contributed by atoms with Crippen LogP contribution in [0.3, 0.4) is 0 Å². The van der Waals surface area contributed by atoms with Gasteiger partial charge in [0.25, 0.3) is 0 Å². The van der Waals surface area contributed by atoms with E-state index in [1.165, 1.54) is 19.2 Å². The summed E-state index contributed by atoms with van der Waals surface area (Å²) in [6, 6.07) is 4.84. The summed E-state index contributed by atoms with van der Waals surface area (Å²) >= 11 is 0. The molecule has 0 saturated carbocycles. The number of hydrogen-bond acceptors (Lipinski definition) is 5. The molecule has 0 atom stereocenters. The van der Waals surface area contributed by atoms with Gasteiger partial charge in [-0.15, -0.1) is 10.2 Å². The second-order valence-electron chi connectivity index (χ2n) is 4.39. The minimum Gasteiger partial charge on any atom is -0.494 e. The molecular weight excluding hydrogens is 249 g/mol. The first kappa shape index (κ1) is 13.5. The Bertz CT molecular complexity index is 555. The van der Waals surface area contributed by atoms with Crippen LogP contribution in [0.15, 0.2) is 22.6 Å². The molecule has 2 rings (SSSR count). The monoisotopic (exact) mass is 265 g/mol. The predicted molar refractivity (Wildman–Crippen MR) is 68.2 cm³/mol. The van der Waals surface area contributed by atoms with Crippen LogP contribution in [0.1, 0.15) is 19.7 Å². The number of halogens is 1. The van der Waals surface area contributed by atoms with Gasteiger partial charge < -0.3 is 14.5 Å². The molecule has 1 heterocycles. The van der Waals surface area contributed by atoms with E-state index in [-0.39, 0.29) is 5.75 Å². The van der Waals surface area contributed by atoms with E-state index in [9.17, 15) is 4.39 Å². The van der Waals surface area contributed by atoms with Gasteiger partial charge in [0.05, 0.1) is 13.7 Å². The first-order chi connectivity index (χ1) is 9.10. The van der Waals surface area contributed by atoms with Gasteiger partial charge in [0, 0.05) is 11.6 Å². The van der Waals surface area contributed by atoms with Crippen molar-refractivity contribution in [1.82, 2.24) is 15.5 Å². The van der Waals surface area contributed by atoms with Crippen LogP contribution in [0.2, 0.25) is 0 Å². The van der Waals surface area contributed by atoms with Gasteiger partial charge in [-0.2, -0.15) is 0 Å². The fourth-order valence-corrected chi connectivity index (χ4v) is 1.53. The lowest BCUT2D eigenvalue weighted by Gasteiger charge is -2.03. The van der Waals surface area contributed by atoms with Crippen molar-refractivity contribution in [1.29, 1.82) is 0 Å². The smallest absolute Gasteiger partial charge is 0.247 e. The topological polar surface area (TPSA) is 60.2 Å². The van der Waals surface area contributed by atoms with Crippen molar-refractivity contribution < 1.29 is 13.5 Å². The van der Waals surface area contributed by atoms with Gasteiger partial charge in [0.1, 0.15) is 0 Å². The molecule has 0 aliphatic rings. The van der Waals surface area contributed by atoms with E-state index in [0.717, 1.165) is 0 Å². The number of nitrogens with zero attached hydrogens (tertiary/aromatic N) is 2. The molecule has 0 fully saturated rings. The van der Waals surface area contributed by atoms with Crippen LogP contribution in [0.4, 0.5) is 4.39 Å². The molecule has 1 N–H and O–H groups in total. The third-order valence-corrected chi connectivity index (χ3v) is 2.53. The Morgan fingerprint density at radius 1 is 1.37 bits per heavy atom. The maximum absolute atomic E-state index is 13.6. The van der Waals surface area contributed by atoms with Gasteiger partial charge in [-0.1, -0.05) is 13.8 Å². The van der Waals surface area contributed by atoms with Gasteiger partial charge in [-0.05, 0) is 18.2 Å². The average molecular weight is 265 g/mol.